The van der Waals surface area contributed by atoms with Gasteiger partial charge in [0.05, 0.1) is 0 Å². The predicted molar refractivity (Wildman–Crippen MR) is 39.4 cm³/mol. The van der Waals surface area contributed by atoms with Gasteiger partial charge in [-0.3, -0.25) is 0 Å². The van der Waals surface area contributed by atoms with Crippen LogP contribution in [-0.2, 0) is 0 Å². The highest BCUT2D eigenvalue weighted by atomic mass is 32.2. The fraction of sp³-hybridized carbons (Fsp3) is 1.00. The third-order valence-electron chi connectivity index (χ3n) is 1.71. The zero-order chi connectivity index (χ0) is 5.98. The Kier molecular flexibility index (Phi) is 2.20. The third-order valence-corrected chi connectivity index (χ3v) is 3.35. The normalized spacial score (nSPS) is 36.8. The van der Waals surface area contributed by atoms with Crippen molar-refractivity contribution in [2.45, 2.75) is 24.6 Å². The first kappa shape index (κ1) is 6.43. The summed E-state index contributed by atoms with van der Waals surface area (Å²) < 4.78 is 0. The monoisotopic (exact) mass is 131 g/mol. The summed E-state index contributed by atoms with van der Waals surface area (Å²) in [6, 6.07) is 0.810. The molecule has 0 radical (unpaired) electrons. The number of hydrogen-bond acceptors (Lipinski definition) is 2. The van der Waals surface area contributed by atoms with E-state index in [4.69, 9.17) is 0 Å². The van der Waals surface area contributed by atoms with Gasteiger partial charge in [-0.1, -0.05) is 6.92 Å². The van der Waals surface area contributed by atoms with E-state index in [-0.39, 0.29) is 0 Å². The van der Waals surface area contributed by atoms with Gasteiger partial charge in [-0.15, -0.1) is 0 Å². The lowest BCUT2D eigenvalue weighted by Crippen LogP contribution is -2.45. The predicted octanol–water partition coefficient (Wildman–Crippen LogP) is 1.10. The second kappa shape index (κ2) is 2.74. The lowest BCUT2D eigenvalue weighted by molar-refractivity contribution is 0.546. The Morgan fingerprint density at radius 1 is 1.75 bits per heavy atom. The zero-order valence-electron chi connectivity index (χ0n) is 5.48. The molecule has 2 heteroatoms. The number of hydrogen-bond donors (Lipinski definition) is 1. The van der Waals surface area contributed by atoms with Gasteiger partial charge in [-0.05, 0) is 13.5 Å². The Bertz CT molecular complexity index is 60.9. The van der Waals surface area contributed by atoms with Crippen LogP contribution in [0, 0.1) is 0 Å². The molecule has 0 aromatic rings. The Hall–Kier alpha value is 0.310. The molecule has 8 heavy (non-hydrogen) atoms. The van der Waals surface area contributed by atoms with Gasteiger partial charge in [-0.25, -0.2) is 0 Å². The van der Waals surface area contributed by atoms with Crippen LogP contribution in [0.5, 0.6) is 0 Å². The van der Waals surface area contributed by atoms with Gasteiger partial charge in [-0.2, -0.15) is 11.8 Å². The first-order chi connectivity index (χ1) is 3.88. The van der Waals surface area contributed by atoms with E-state index in [0.29, 0.717) is 0 Å². The molecule has 2 unspecified atom stereocenters. The Labute approximate surface area is 55.2 Å². The molecule has 1 rings (SSSR count). The SMILES string of the molecule is CCC1SCC1NC. The number of rotatable bonds is 2. The van der Waals surface area contributed by atoms with Crippen LogP contribution in [-0.4, -0.2) is 24.1 Å². The molecule has 1 heterocycles. The molecule has 1 fully saturated rings. The largest absolute Gasteiger partial charge is 0.315 e. The molecule has 1 aliphatic rings. The molecule has 0 spiro atoms. The van der Waals surface area contributed by atoms with Crippen LogP contribution in [0.25, 0.3) is 0 Å². The number of thioether (sulfide) groups is 1. The molecule has 0 aromatic carbocycles. The fourth-order valence-electron chi connectivity index (χ4n) is 1.00. The maximum absolute atomic E-state index is 3.28. The highest BCUT2D eigenvalue weighted by molar-refractivity contribution is 8.01. The molecule has 1 N–H and O–H groups in total. The summed E-state index contributed by atoms with van der Waals surface area (Å²) in [6.45, 7) is 2.25. The van der Waals surface area contributed by atoms with Crippen LogP contribution in [0.15, 0.2) is 0 Å². The molecule has 2 atom stereocenters. The minimum atomic E-state index is 0.810. The summed E-state index contributed by atoms with van der Waals surface area (Å²) in [5.41, 5.74) is 0. The summed E-state index contributed by atoms with van der Waals surface area (Å²) in [7, 11) is 2.05. The van der Waals surface area contributed by atoms with Gasteiger partial charge in [0.15, 0.2) is 0 Å². The molecule has 1 nitrogen and oxygen atoms in total. The first-order valence-corrected chi connectivity index (χ1v) is 4.22. The van der Waals surface area contributed by atoms with Crippen molar-refractivity contribution in [2.75, 3.05) is 12.8 Å². The summed E-state index contributed by atoms with van der Waals surface area (Å²) in [5, 5.41) is 4.18. The van der Waals surface area contributed by atoms with E-state index in [2.05, 4.69) is 24.0 Å². The van der Waals surface area contributed by atoms with Crippen molar-refractivity contribution in [1.29, 1.82) is 0 Å². The second-order valence-electron chi connectivity index (χ2n) is 2.18. The Balaban J connectivity index is 2.16. The molecule has 1 aliphatic heterocycles. The third kappa shape index (κ3) is 1.00. The number of nitrogens with one attached hydrogen (secondary N) is 1. The maximum Gasteiger partial charge on any atom is 0.0274 e. The molecule has 0 saturated carbocycles. The average molecular weight is 131 g/mol. The van der Waals surface area contributed by atoms with E-state index < -0.39 is 0 Å². The minimum absolute atomic E-state index is 0.810. The minimum Gasteiger partial charge on any atom is -0.315 e. The molecule has 0 aliphatic carbocycles. The Morgan fingerprint density at radius 3 is 2.62 bits per heavy atom. The summed E-state index contributed by atoms with van der Waals surface area (Å²) in [5.74, 6) is 1.31. The average Bonchev–Trinajstić information content (AvgIpc) is 1.66. The lowest BCUT2D eigenvalue weighted by Gasteiger charge is -2.34. The van der Waals surface area contributed by atoms with Crippen molar-refractivity contribution < 1.29 is 0 Å². The van der Waals surface area contributed by atoms with Gasteiger partial charge in [0.2, 0.25) is 0 Å². The van der Waals surface area contributed by atoms with Crippen LogP contribution >= 0.6 is 11.8 Å². The summed E-state index contributed by atoms with van der Waals surface area (Å²) in [6.07, 6.45) is 1.32. The molecule has 0 amide bonds. The molecular weight excluding hydrogens is 118 g/mol. The molecular formula is C6H13NS. The molecule has 48 valence electrons. The van der Waals surface area contributed by atoms with Crippen molar-refractivity contribution >= 4 is 11.8 Å². The van der Waals surface area contributed by atoms with E-state index >= 15 is 0 Å². The van der Waals surface area contributed by atoms with E-state index in [1.54, 1.807) is 0 Å². The van der Waals surface area contributed by atoms with Crippen LogP contribution in [0.4, 0.5) is 0 Å². The van der Waals surface area contributed by atoms with Gasteiger partial charge in [0, 0.05) is 17.0 Å². The van der Waals surface area contributed by atoms with Crippen LogP contribution in [0.3, 0.4) is 0 Å². The summed E-state index contributed by atoms with van der Waals surface area (Å²) >= 11 is 2.08. The van der Waals surface area contributed by atoms with Crippen molar-refractivity contribution in [3.05, 3.63) is 0 Å². The fourth-order valence-corrected chi connectivity index (χ4v) is 2.20. The van der Waals surface area contributed by atoms with E-state index in [1.165, 1.54) is 12.2 Å². The smallest absolute Gasteiger partial charge is 0.0274 e. The summed E-state index contributed by atoms with van der Waals surface area (Å²) in [4.78, 5) is 0. The highest BCUT2D eigenvalue weighted by Crippen LogP contribution is 2.30. The van der Waals surface area contributed by atoms with E-state index in [1.807, 2.05) is 7.05 Å². The van der Waals surface area contributed by atoms with Crippen molar-refractivity contribution in [1.82, 2.24) is 5.32 Å². The van der Waals surface area contributed by atoms with Gasteiger partial charge in [0.1, 0.15) is 0 Å². The topological polar surface area (TPSA) is 12.0 Å². The quantitative estimate of drug-likeness (QED) is 0.602. The molecule has 0 aromatic heterocycles. The van der Waals surface area contributed by atoms with E-state index in [0.717, 1.165) is 11.3 Å². The van der Waals surface area contributed by atoms with Crippen LogP contribution in [0.2, 0.25) is 0 Å². The van der Waals surface area contributed by atoms with E-state index in [9.17, 15) is 0 Å². The van der Waals surface area contributed by atoms with Crippen molar-refractivity contribution in [3.63, 3.8) is 0 Å². The van der Waals surface area contributed by atoms with Gasteiger partial charge in [0.25, 0.3) is 0 Å². The zero-order valence-corrected chi connectivity index (χ0v) is 6.29. The highest BCUT2D eigenvalue weighted by Gasteiger charge is 2.27. The maximum atomic E-state index is 3.28. The van der Waals surface area contributed by atoms with Gasteiger partial charge < -0.3 is 5.32 Å². The first-order valence-electron chi connectivity index (χ1n) is 3.17. The van der Waals surface area contributed by atoms with Gasteiger partial charge >= 0.3 is 0 Å². The lowest BCUT2D eigenvalue weighted by atomic mass is 10.2. The standard InChI is InChI=1S/C6H13NS/c1-3-6-5(7-2)4-8-6/h5-7H,3-4H2,1-2H3. The second-order valence-corrected chi connectivity index (χ2v) is 3.45. The Morgan fingerprint density at radius 2 is 2.50 bits per heavy atom. The van der Waals surface area contributed by atoms with Crippen molar-refractivity contribution in [2.24, 2.45) is 0 Å². The van der Waals surface area contributed by atoms with Crippen molar-refractivity contribution in [3.8, 4) is 0 Å². The van der Waals surface area contributed by atoms with Crippen LogP contribution in [0.1, 0.15) is 13.3 Å². The molecule has 1 saturated heterocycles. The van der Waals surface area contributed by atoms with Crippen LogP contribution < -0.4 is 5.32 Å². The molecule has 0 bridgehead atoms.